The summed E-state index contributed by atoms with van der Waals surface area (Å²) in [7, 11) is -3.46. The molecule has 2 heterocycles. The first-order valence-electron chi connectivity index (χ1n) is 11.1. The molecular weight excluding hydrogens is 390 g/mol. The lowest BCUT2D eigenvalue weighted by Crippen LogP contribution is -2.66. The Hall–Kier alpha value is -0.990. The lowest BCUT2D eigenvalue weighted by molar-refractivity contribution is -0.548. The summed E-state index contributed by atoms with van der Waals surface area (Å²) >= 11 is 0. The van der Waals surface area contributed by atoms with Gasteiger partial charge in [-0.25, -0.2) is 13.3 Å². The second-order valence-corrected chi connectivity index (χ2v) is 11.8. The highest BCUT2D eigenvalue weighted by Crippen LogP contribution is 2.61. The van der Waals surface area contributed by atoms with Gasteiger partial charge in [0.25, 0.3) is 0 Å². The van der Waals surface area contributed by atoms with E-state index in [4.69, 9.17) is 14.5 Å². The third-order valence-corrected chi connectivity index (χ3v) is 10.1. The van der Waals surface area contributed by atoms with Crippen molar-refractivity contribution in [2.45, 2.75) is 61.2 Å². The topological polar surface area (TPSA) is 65.1 Å². The van der Waals surface area contributed by atoms with Crippen LogP contribution in [0.3, 0.4) is 0 Å². The lowest BCUT2D eigenvalue weighted by Gasteiger charge is -2.61. The highest BCUT2D eigenvalue weighted by Gasteiger charge is 2.63. The highest BCUT2D eigenvalue weighted by molar-refractivity contribution is 7.89. The zero-order valence-electron chi connectivity index (χ0n) is 16.7. The maximum absolute atomic E-state index is 12.9. The molecule has 0 amide bonds. The van der Waals surface area contributed by atoms with Gasteiger partial charge in [0.2, 0.25) is 15.8 Å². The number of sulfonamides is 1. The summed E-state index contributed by atoms with van der Waals surface area (Å²) < 4.78 is 33.9. The van der Waals surface area contributed by atoms with Crippen molar-refractivity contribution in [1.29, 1.82) is 0 Å². The lowest BCUT2D eigenvalue weighted by atomic mass is 9.53. The van der Waals surface area contributed by atoms with Gasteiger partial charge < -0.3 is 4.74 Å². The molecule has 6 aliphatic rings. The van der Waals surface area contributed by atoms with Crippen LogP contribution in [0.1, 0.15) is 44.9 Å². The summed E-state index contributed by atoms with van der Waals surface area (Å²) in [5, 5.41) is 0. The fourth-order valence-electron chi connectivity index (χ4n) is 6.76. The van der Waals surface area contributed by atoms with Gasteiger partial charge in [-0.2, -0.15) is 9.19 Å². The van der Waals surface area contributed by atoms with E-state index in [1.165, 1.54) is 32.1 Å². The molecule has 158 valence electrons. The third-order valence-electron chi connectivity index (χ3n) is 8.20. The summed E-state index contributed by atoms with van der Waals surface area (Å²) in [6.07, 6.45) is 7.38. The van der Waals surface area contributed by atoms with Crippen molar-refractivity contribution in [3.8, 4) is 0 Å². The van der Waals surface area contributed by atoms with Gasteiger partial charge >= 0.3 is 0 Å². The summed E-state index contributed by atoms with van der Waals surface area (Å²) in [5.41, 5.74) is -0.525. The number of piperidine rings is 1. The SMILES string of the molecule is O=S(=O)(c1ccccc1)N1CCC2(CC1)COC1(OO2)C2CC3CC(C2)CC1C3. The first kappa shape index (κ1) is 18.8. The fraction of sp³-hybridized carbons (Fsp3) is 0.727. The molecule has 29 heavy (non-hydrogen) atoms. The minimum atomic E-state index is -3.46. The van der Waals surface area contributed by atoms with Crippen LogP contribution in [0.25, 0.3) is 0 Å². The molecule has 4 saturated carbocycles. The standard InChI is InChI=1S/C22H29NO5S/c24-29(25,20-4-2-1-3-5-20)23-8-6-21(7-9-23)15-26-22(28-27-21)18-11-16-10-17(13-18)14-19(22)12-16/h1-5,16-19H,6-15H2. The van der Waals surface area contributed by atoms with Gasteiger partial charge in [0, 0.05) is 24.9 Å². The summed E-state index contributed by atoms with van der Waals surface area (Å²) in [6, 6.07) is 8.65. The van der Waals surface area contributed by atoms with Crippen LogP contribution in [-0.4, -0.2) is 43.8 Å². The van der Waals surface area contributed by atoms with Crippen molar-refractivity contribution in [2.24, 2.45) is 23.7 Å². The van der Waals surface area contributed by atoms with Crippen molar-refractivity contribution in [3.63, 3.8) is 0 Å². The smallest absolute Gasteiger partial charge is 0.243 e. The average Bonchev–Trinajstić information content (AvgIpc) is 2.74. The van der Waals surface area contributed by atoms with Crippen LogP contribution in [0, 0.1) is 23.7 Å². The molecule has 7 heteroatoms. The molecule has 2 spiro atoms. The molecule has 1 aromatic rings. The van der Waals surface area contributed by atoms with Crippen molar-refractivity contribution in [2.75, 3.05) is 19.7 Å². The molecular formula is C22H29NO5S. The van der Waals surface area contributed by atoms with E-state index in [1.54, 1.807) is 28.6 Å². The summed E-state index contributed by atoms with van der Waals surface area (Å²) in [4.78, 5) is 12.6. The van der Waals surface area contributed by atoms with Gasteiger partial charge in [-0.15, -0.1) is 0 Å². The van der Waals surface area contributed by atoms with Gasteiger partial charge in [0.05, 0.1) is 11.5 Å². The van der Waals surface area contributed by atoms with Crippen LogP contribution in [0.2, 0.25) is 0 Å². The van der Waals surface area contributed by atoms with Gasteiger partial charge in [-0.05, 0) is 68.9 Å². The molecule has 6 nitrogen and oxygen atoms in total. The number of hydrogen-bond acceptors (Lipinski definition) is 5. The van der Waals surface area contributed by atoms with Gasteiger partial charge in [0.1, 0.15) is 5.60 Å². The minimum Gasteiger partial charge on any atom is -0.344 e. The van der Waals surface area contributed by atoms with Gasteiger partial charge in [-0.3, -0.25) is 0 Å². The van der Waals surface area contributed by atoms with Crippen LogP contribution < -0.4 is 0 Å². The number of ether oxygens (including phenoxy) is 1. The van der Waals surface area contributed by atoms with Gasteiger partial charge in [0.15, 0.2) is 0 Å². The van der Waals surface area contributed by atoms with E-state index in [2.05, 4.69) is 0 Å². The van der Waals surface area contributed by atoms with Crippen molar-refractivity contribution in [3.05, 3.63) is 30.3 Å². The first-order valence-corrected chi connectivity index (χ1v) is 12.5. The normalized spacial score (nSPS) is 41.2. The molecule has 1 aromatic carbocycles. The third kappa shape index (κ3) is 2.85. The summed E-state index contributed by atoms with van der Waals surface area (Å²) in [5.74, 6) is 2.05. The van der Waals surface area contributed by atoms with E-state index >= 15 is 0 Å². The molecule has 0 atom stereocenters. The molecule has 0 radical (unpaired) electrons. The second kappa shape index (κ2) is 6.50. The van der Waals surface area contributed by atoms with Crippen LogP contribution in [0.15, 0.2) is 35.2 Å². The minimum absolute atomic E-state index is 0.348. The van der Waals surface area contributed by atoms with E-state index < -0.39 is 21.4 Å². The van der Waals surface area contributed by atoms with E-state index in [0.717, 1.165) is 11.8 Å². The first-order chi connectivity index (χ1) is 14.0. The van der Waals surface area contributed by atoms with Gasteiger partial charge in [-0.1, -0.05) is 18.2 Å². The molecule has 0 N–H and O–H groups in total. The fourth-order valence-corrected chi connectivity index (χ4v) is 8.22. The Morgan fingerprint density at radius 3 is 2.03 bits per heavy atom. The quantitative estimate of drug-likeness (QED) is 0.688. The molecule has 2 saturated heterocycles. The molecule has 6 fully saturated rings. The Balaban J connectivity index is 1.13. The van der Waals surface area contributed by atoms with Crippen molar-refractivity contribution >= 4 is 10.0 Å². The van der Waals surface area contributed by atoms with Crippen LogP contribution in [0.5, 0.6) is 0 Å². The Labute approximate surface area is 172 Å². The summed E-state index contributed by atoms with van der Waals surface area (Å²) in [6.45, 7) is 1.36. The van der Waals surface area contributed by atoms with Crippen molar-refractivity contribution in [1.82, 2.24) is 4.31 Å². The maximum atomic E-state index is 12.9. The predicted molar refractivity (Wildman–Crippen MR) is 105 cm³/mol. The van der Waals surface area contributed by atoms with Crippen LogP contribution >= 0.6 is 0 Å². The molecule has 4 bridgehead atoms. The molecule has 0 unspecified atom stereocenters. The van der Waals surface area contributed by atoms with Crippen molar-refractivity contribution < 1.29 is 22.9 Å². The average molecular weight is 420 g/mol. The molecule has 2 aliphatic heterocycles. The Bertz CT molecular complexity index is 838. The molecule has 4 aliphatic carbocycles. The van der Waals surface area contributed by atoms with E-state index in [0.29, 0.717) is 49.3 Å². The largest absolute Gasteiger partial charge is 0.344 e. The second-order valence-electron chi connectivity index (χ2n) is 9.88. The molecule has 7 rings (SSSR count). The monoisotopic (exact) mass is 419 g/mol. The van der Waals surface area contributed by atoms with Crippen LogP contribution in [0.4, 0.5) is 0 Å². The van der Waals surface area contributed by atoms with E-state index in [1.807, 2.05) is 6.07 Å². The number of rotatable bonds is 2. The Kier molecular flexibility index (Phi) is 4.20. The maximum Gasteiger partial charge on any atom is 0.243 e. The predicted octanol–water partition coefficient (Wildman–Crippen LogP) is 3.34. The van der Waals surface area contributed by atoms with Crippen LogP contribution in [-0.2, 0) is 24.5 Å². The number of benzene rings is 1. The number of hydrogen-bond donors (Lipinski definition) is 0. The zero-order chi connectivity index (χ0) is 19.7. The molecule has 0 aromatic heterocycles. The van der Waals surface area contributed by atoms with E-state index in [-0.39, 0.29) is 0 Å². The number of nitrogens with zero attached hydrogens (tertiary/aromatic N) is 1. The van der Waals surface area contributed by atoms with E-state index in [9.17, 15) is 8.42 Å². The Morgan fingerprint density at radius 1 is 0.862 bits per heavy atom. The Morgan fingerprint density at radius 2 is 1.48 bits per heavy atom. The zero-order valence-corrected chi connectivity index (χ0v) is 17.5. The highest BCUT2D eigenvalue weighted by atomic mass is 32.2.